The van der Waals surface area contributed by atoms with Crippen molar-refractivity contribution in [3.05, 3.63) is 28.1 Å². The molecule has 2 N–H and O–H groups in total. The number of nitrogens with zero attached hydrogens (tertiary/aromatic N) is 1. The van der Waals surface area contributed by atoms with E-state index < -0.39 is 0 Å². The van der Waals surface area contributed by atoms with Gasteiger partial charge in [-0.15, -0.1) is 0 Å². The molecule has 1 amide bonds. The lowest BCUT2D eigenvalue weighted by Crippen LogP contribution is -2.53. The fourth-order valence-corrected chi connectivity index (χ4v) is 2.60. The Balaban J connectivity index is 1.89. The Bertz CT molecular complexity index is 641. The Labute approximate surface area is 119 Å². The number of oxazole rings is 1. The van der Waals surface area contributed by atoms with Crippen LogP contribution in [0.15, 0.2) is 16.5 Å². The van der Waals surface area contributed by atoms with Gasteiger partial charge >= 0.3 is 0 Å². The Hall–Kier alpha value is -1.30. The van der Waals surface area contributed by atoms with E-state index in [1.54, 1.807) is 12.1 Å². The maximum Gasteiger partial charge on any atom is 0.237 e. The summed E-state index contributed by atoms with van der Waals surface area (Å²) in [4.78, 5) is 16.0. The molecule has 0 aliphatic carbocycles. The number of amides is 1. The molecule has 1 aliphatic heterocycles. The third-order valence-electron chi connectivity index (χ3n) is 2.96. The second kappa shape index (κ2) is 5.00. The number of aromatic nitrogens is 1. The molecule has 2 heterocycles. The maximum atomic E-state index is 11.6. The van der Waals surface area contributed by atoms with Crippen molar-refractivity contribution in [3.63, 3.8) is 0 Å². The van der Waals surface area contributed by atoms with Crippen molar-refractivity contribution in [2.75, 3.05) is 13.1 Å². The van der Waals surface area contributed by atoms with Crippen LogP contribution in [-0.2, 0) is 11.2 Å². The molecule has 0 radical (unpaired) electrons. The number of hydrogen-bond donors (Lipinski definition) is 2. The Morgan fingerprint density at radius 1 is 1.37 bits per heavy atom. The molecule has 1 fully saturated rings. The highest BCUT2D eigenvalue weighted by atomic mass is 35.5. The summed E-state index contributed by atoms with van der Waals surface area (Å²) in [6.07, 6.45) is 0.383. The molecule has 1 unspecified atom stereocenters. The summed E-state index contributed by atoms with van der Waals surface area (Å²) >= 11 is 11.9. The third-order valence-corrected chi connectivity index (χ3v) is 3.46. The molecule has 5 nitrogen and oxygen atoms in total. The van der Waals surface area contributed by atoms with Gasteiger partial charge in [-0.1, -0.05) is 23.2 Å². The molecule has 100 valence electrons. The molecule has 1 aromatic carbocycles. The van der Waals surface area contributed by atoms with Crippen LogP contribution < -0.4 is 10.6 Å². The first-order valence-corrected chi connectivity index (χ1v) is 6.64. The van der Waals surface area contributed by atoms with Crippen LogP contribution in [-0.4, -0.2) is 30.0 Å². The number of fused-ring (bicyclic) bond motifs is 1. The predicted octanol–water partition coefficient (Wildman–Crippen LogP) is 1.77. The maximum absolute atomic E-state index is 11.6. The summed E-state index contributed by atoms with van der Waals surface area (Å²) < 4.78 is 5.58. The Morgan fingerprint density at radius 2 is 2.21 bits per heavy atom. The summed E-state index contributed by atoms with van der Waals surface area (Å²) in [5.74, 6) is 0.423. The van der Waals surface area contributed by atoms with Gasteiger partial charge < -0.3 is 15.1 Å². The molecule has 19 heavy (non-hydrogen) atoms. The summed E-state index contributed by atoms with van der Waals surface area (Å²) in [5, 5.41) is 6.83. The lowest BCUT2D eigenvalue weighted by atomic mass is 10.1. The fourth-order valence-electron chi connectivity index (χ4n) is 2.08. The fraction of sp³-hybridized carbons (Fsp3) is 0.333. The largest absolute Gasteiger partial charge is 0.439 e. The van der Waals surface area contributed by atoms with E-state index in [0.29, 0.717) is 40.0 Å². The predicted molar refractivity (Wildman–Crippen MR) is 72.5 cm³/mol. The molecular weight excluding hydrogens is 289 g/mol. The Morgan fingerprint density at radius 3 is 3.00 bits per heavy atom. The first kappa shape index (κ1) is 12.7. The smallest absolute Gasteiger partial charge is 0.237 e. The molecule has 1 aromatic heterocycles. The van der Waals surface area contributed by atoms with E-state index >= 15 is 0 Å². The molecule has 0 bridgehead atoms. The number of halogens is 2. The van der Waals surface area contributed by atoms with Crippen LogP contribution >= 0.6 is 23.2 Å². The van der Waals surface area contributed by atoms with E-state index in [0.717, 1.165) is 6.54 Å². The van der Waals surface area contributed by atoms with Gasteiger partial charge in [0.1, 0.15) is 5.52 Å². The minimum Gasteiger partial charge on any atom is -0.439 e. The zero-order valence-corrected chi connectivity index (χ0v) is 11.4. The molecule has 0 saturated carbocycles. The number of benzene rings is 1. The van der Waals surface area contributed by atoms with Crippen LogP contribution in [0, 0.1) is 0 Å². The number of carbonyl (C=O) groups is 1. The highest BCUT2D eigenvalue weighted by Crippen LogP contribution is 2.28. The van der Waals surface area contributed by atoms with Crippen LogP contribution in [0.25, 0.3) is 11.1 Å². The second-order valence-electron chi connectivity index (χ2n) is 4.35. The zero-order valence-electron chi connectivity index (χ0n) is 9.87. The van der Waals surface area contributed by atoms with E-state index in [9.17, 15) is 4.79 Å². The molecule has 3 rings (SSSR count). The van der Waals surface area contributed by atoms with E-state index in [-0.39, 0.29) is 11.9 Å². The standard InChI is InChI=1S/C12H11Cl2N3O2/c13-6-3-7(14)11-8(4-6)17-10(19-11)5-9-12(18)16-2-1-15-9/h3-4,9,15H,1-2,5H2,(H,16,18). The van der Waals surface area contributed by atoms with Gasteiger partial charge in [-0.3, -0.25) is 4.79 Å². The number of piperazine rings is 1. The molecular formula is C12H11Cl2N3O2. The van der Waals surface area contributed by atoms with Crippen LogP contribution in [0.3, 0.4) is 0 Å². The van der Waals surface area contributed by atoms with Crippen LogP contribution in [0.5, 0.6) is 0 Å². The van der Waals surface area contributed by atoms with Crippen LogP contribution in [0.4, 0.5) is 0 Å². The van der Waals surface area contributed by atoms with Gasteiger partial charge in [-0.2, -0.15) is 0 Å². The number of rotatable bonds is 2. The second-order valence-corrected chi connectivity index (χ2v) is 5.19. The van der Waals surface area contributed by atoms with Crippen molar-refractivity contribution in [1.82, 2.24) is 15.6 Å². The highest BCUT2D eigenvalue weighted by Gasteiger charge is 2.24. The van der Waals surface area contributed by atoms with Gasteiger partial charge in [0.15, 0.2) is 11.5 Å². The molecule has 1 aliphatic rings. The minimum atomic E-state index is -0.323. The quantitative estimate of drug-likeness (QED) is 0.887. The molecule has 2 aromatic rings. The molecule has 7 heteroatoms. The van der Waals surface area contributed by atoms with Gasteiger partial charge in [0.25, 0.3) is 0 Å². The first-order valence-electron chi connectivity index (χ1n) is 5.89. The monoisotopic (exact) mass is 299 g/mol. The van der Waals surface area contributed by atoms with E-state index in [4.69, 9.17) is 27.6 Å². The van der Waals surface area contributed by atoms with Crippen molar-refractivity contribution in [2.45, 2.75) is 12.5 Å². The average Bonchev–Trinajstić information content (AvgIpc) is 2.75. The van der Waals surface area contributed by atoms with Crippen molar-refractivity contribution in [1.29, 1.82) is 0 Å². The average molecular weight is 300 g/mol. The molecule has 0 spiro atoms. The normalized spacial score (nSPS) is 19.7. The summed E-state index contributed by atoms with van der Waals surface area (Å²) in [5.41, 5.74) is 1.10. The minimum absolute atomic E-state index is 0.0439. The van der Waals surface area contributed by atoms with E-state index in [1.165, 1.54) is 0 Å². The summed E-state index contributed by atoms with van der Waals surface area (Å²) in [7, 11) is 0. The van der Waals surface area contributed by atoms with Gasteiger partial charge in [-0.05, 0) is 12.1 Å². The number of nitrogens with one attached hydrogen (secondary N) is 2. The summed E-state index contributed by atoms with van der Waals surface area (Å²) in [6, 6.07) is 2.96. The van der Waals surface area contributed by atoms with Gasteiger partial charge in [0.05, 0.1) is 11.1 Å². The first-order chi connectivity index (χ1) is 9.13. The van der Waals surface area contributed by atoms with Crippen molar-refractivity contribution in [3.8, 4) is 0 Å². The van der Waals surface area contributed by atoms with Crippen molar-refractivity contribution >= 4 is 40.2 Å². The summed E-state index contributed by atoms with van der Waals surface area (Å²) in [6.45, 7) is 1.38. The number of hydrogen-bond acceptors (Lipinski definition) is 4. The van der Waals surface area contributed by atoms with Gasteiger partial charge in [-0.25, -0.2) is 4.98 Å². The molecule has 1 saturated heterocycles. The van der Waals surface area contributed by atoms with E-state index in [1.807, 2.05) is 0 Å². The SMILES string of the molecule is O=C1NCCNC1Cc1nc2cc(Cl)cc(Cl)c2o1. The molecule has 1 atom stereocenters. The van der Waals surface area contributed by atoms with Crippen LogP contribution in [0.1, 0.15) is 5.89 Å². The lowest BCUT2D eigenvalue weighted by molar-refractivity contribution is -0.124. The Kier molecular flexibility index (Phi) is 3.35. The lowest BCUT2D eigenvalue weighted by Gasteiger charge is -2.22. The van der Waals surface area contributed by atoms with Crippen LogP contribution in [0.2, 0.25) is 10.0 Å². The van der Waals surface area contributed by atoms with Crippen molar-refractivity contribution in [2.24, 2.45) is 0 Å². The van der Waals surface area contributed by atoms with Gasteiger partial charge in [0, 0.05) is 24.5 Å². The van der Waals surface area contributed by atoms with Gasteiger partial charge in [0.2, 0.25) is 5.91 Å². The van der Waals surface area contributed by atoms with Crippen molar-refractivity contribution < 1.29 is 9.21 Å². The third kappa shape index (κ3) is 2.54. The highest BCUT2D eigenvalue weighted by molar-refractivity contribution is 6.37. The number of carbonyl (C=O) groups excluding carboxylic acids is 1. The van der Waals surface area contributed by atoms with E-state index in [2.05, 4.69) is 15.6 Å². The topological polar surface area (TPSA) is 67.2 Å². The zero-order chi connectivity index (χ0) is 13.4.